The number of anilines is 1. The molecule has 0 fully saturated rings. The van der Waals surface area contributed by atoms with Gasteiger partial charge in [0.15, 0.2) is 5.69 Å². The molecular weight excluding hydrogens is 370 g/mol. The number of hydrogen-bond acceptors (Lipinski definition) is 4. The number of benzene rings is 1. The van der Waals surface area contributed by atoms with E-state index in [1.165, 1.54) is 16.9 Å². The summed E-state index contributed by atoms with van der Waals surface area (Å²) in [6, 6.07) is 8.97. The lowest BCUT2D eigenvalue weighted by Crippen LogP contribution is -2.16. The van der Waals surface area contributed by atoms with Gasteiger partial charge in [0.2, 0.25) is 0 Å². The SMILES string of the molecule is Cc1nn(Cc2cccc(Cl)c2)c(C)c1NC(=O)c1ccn(CC(=O)O)n1. The Kier molecular flexibility index (Phi) is 5.27. The second-order valence-electron chi connectivity index (χ2n) is 6.08. The van der Waals surface area contributed by atoms with Gasteiger partial charge in [-0.3, -0.25) is 19.0 Å². The second-order valence-corrected chi connectivity index (χ2v) is 6.52. The van der Waals surface area contributed by atoms with Crippen molar-refractivity contribution >= 4 is 29.2 Å². The molecule has 1 amide bonds. The highest BCUT2D eigenvalue weighted by molar-refractivity contribution is 6.30. The molecule has 0 spiro atoms. The van der Waals surface area contributed by atoms with E-state index in [-0.39, 0.29) is 12.2 Å². The lowest BCUT2D eigenvalue weighted by molar-refractivity contribution is -0.137. The monoisotopic (exact) mass is 387 g/mol. The van der Waals surface area contributed by atoms with E-state index >= 15 is 0 Å². The van der Waals surface area contributed by atoms with Crippen molar-refractivity contribution in [1.29, 1.82) is 0 Å². The van der Waals surface area contributed by atoms with Crippen LogP contribution in [0.25, 0.3) is 0 Å². The predicted octanol–water partition coefficient (Wildman–Crippen LogP) is 2.74. The van der Waals surface area contributed by atoms with Gasteiger partial charge in [-0.05, 0) is 37.6 Å². The molecule has 0 saturated carbocycles. The van der Waals surface area contributed by atoms with Gasteiger partial charge in [0.25, 0.3) is 5.91 Å². The molecule has 0 bridgehead atoms. The van der Waals surface area contributed by atoms with Crippen molar-refractivity contribution < 1.29 is 14.7 Å². The van der Waals surface area contributed by atoms with Gasteiger partial charge in [-0.1, -0.05) is 23.7 Å². The van der Waals surface area contributed by atoms with E-state index in [2.05, 4.69) is 15.5 Å². The molecule has 0 aliphatic carbocycles. The van der Waals surface area contributed by atoms with E-state index in [0.29, 0.717) is 22.9 Å². The van der Waals surface area contributed by atoms with Crippen LogP contribution in [0.15, 0.2) is 36.5 Å². The summed E-state index contributed by atoms with van der Waals surface area (Å²) in [6.45, 7) is 3.89. The molecule has 0 radical (unpaired) electrons. The minimum absolute atomic E-state index is 0.137. The van der Waals surface area contributed by atoms with Gasteiger partial charge in [0, 0.05) is 11.2 Å². The van der Waals surface area contributed by atoms with Gasteiger partial charge in [-0.25, -0.2) is 0 Å². The molecule has 140 valence electrons. The first kappa shape index (κ1) is 18.7. The first-order chi connectivity index (χ1) is 12.8. The molecule has 2 heterocycles. The molecule has 0 aliphatic heterocycles. The van der Waals surface area contributed by atoms with Crippen molar-refractivity contribution in [1.82, 2.24) is 19.6 Å². The Labute approximate surface area is 160 Å². The lowest BCUT2D eigenvalue weighted by atomic mass is 10.2. The number of hydrogen-bond donors (Lipinski definition) is 2. The Bertz CT molecular complexity index is 1010. The Balaban J connectivity index is 1.77. The maximum atomic E-state index is 12.4. The number of aliphatic carboxylic acids is 1. The predicted molar refractivity (Wildman–Crippen MR) is 100 cm³/mol. The van der Waals surface area contributed by atoms with Crippen LogP contribution in [-0.2, 0) is 17.9 Å². The molecule has 2 aromatic heterocycles. The van der Waals surface area contributed by atoms with E-state index in [9.17, 15) is 9.59 Å². The highest BCUT2D eigenvalue weighted by atomic mass is 35.5. The summed E-state index contributed by atoms with van der Waals surface area (Å²) >= 11 is 6.03. The van der Waals surface area contributed by atoms with Gasteiger partial charge < -0.3 is 10.4 Å². The van der Waals surface area contributed by atoms with Crippen molar-refractivity contribution in [3.05, 3.63) is 64.2 Å². The molecule has 1 aromatic carbocycles. The fourth-order valence-corrected chi connectivity index (χ4v) is 2.94. The number of amides is 1. The van der Waals surface area contributed by atoms with E-state index in [0.717, 1.165) is 11.3 Å². The molecule has 3 aromatic rings. The molecule has 3 rings (SSSR count). The normalized spacial score (nSPS) is 10.8. The molecule has 0 unspecified atom stereocenters. The molecule has 2 N–H and O–H groups in total. The maximum absolute atomic E-state index is 12.4. The number of nitrogens with zero attached hydrogens (tertiary/aromatic N) is 4. The molecule has 0 aliphatic rings. The Hall–Kier alpha value is -3.13. The zero-order valence-electron chi connectivity index (χ0n) is 14.8. The number of aryl methyl sites for hydroxylation is 1. The molecule has 0 saturated heterocycles. The standard InChI is InChI=1S/C18H18ClN5O3/c1-11-17(20-18(27)15-6-7-23(22-15)10-16(25)26)12(2)24(21-11)9-13-4-3-5-14(19)8-13/h3-8H,9-10H2,1-2H3,(H,20,27)(H,25,26). The molecule has 9 heteroatoms. The third kappa shape index (κ3) is 4.35. The largest absolute Gasteiger partial charge is 0.480 e. The highest BCUT2D eigenvalue weighted by Crippen LogP contribution is 2.22. The van der Waals surface area contributed by atoms with E-state index in [1.807, 2.05) is 25.1 Å². The van der Waals surface area contributed by atoms with Gasteiger partial charge in [0.05, 0.1) is 23.6 Å². The van der Waals surface area contributed by atoms with Crippen molar-refractivity contribution in [2.24, 2.45) is 0 Å². The molecule has 27 heavy (non-hydrogen) atoms. The van der Waals surface area contributed by atoms with Gasteiger partial charge in [-0.2, -0.15) is 10.2 Å². The highest BCUT2D eigenvalue weighted by Gasteiger charge is 2.17. The number of carboxylic acids is 1. The lowest BCUT2D eigenvalue weighted by Gasteiger charge is -2.07. The van der Waals surface area contributed by atoms with Crippen LogP contribution in [0.1, 0.15) is 27.4 Å². The minimum Gasteiger partial charge on any atom is -0.480 e. The average Bonchev–Trinajstić information content (AvgIpc) is 3.15. The number of carbonyl (C=O) groups excluding carboxylic acids is 1. The van der Waals surface area contributed by atoms with E-state index in [4.69, 9.17) is 16.7 Å². The quantitative estimate of drug-likeness (QED) is 0.677. The number of carboxylic acid groups (broad SMARTS) is 1. The van der Waals surface area contributed by atoms with Crippen LogP contribution in [0.3, 0.4) is 0 Å². The minimum atomic E-state index is -1.03. The number of rotatable bonds is 6. The molecular formula is C18H18ClN5O3. The summed E-state index contributed by atoms with van der Waals surface area (Å²) in [7, 11) is 0. The molecule has 8 nitrogen and oxygen atoms in total. The molecule has 0 atom stereocenters. The number of nitrogens with one attached hydrogen (secondary N) is 1. The number of halogens is 1. The second kappa shape index (κ2) is 7.63. The fraction of sp³-hybridized carbons (Fsp3) is 0.222. The number of aromatic nitrogens is 4. The first-order valence-electron chi connectivity index (χ1n) is 8.18. The number of carbonyl (C=O) groups is 2. The van der Waals surface area contributed by atoms with Crippen LogP contribution < -0.4 is 5.32 Å². The Morgan fingerprint density at radius 3 is 2.70 bits per heavy atom. The van der Waals surface area contributed by atoms with Crippen LogP contribution in [0, 0.1) is 13.8 Å². The average molecular weight is 388 g/mol. The van der Waals surface area contributed by atoms with Crippen LogP contribution in [0.2, 0.25) is 5.02 Å². The first-order valence-corrected chi connectivity index (χ1v) is 8.56. The fourth-order valence-electron chi connectivity index (χ4n) is 2.73. The zero-order valence-corrected chi connectivity index (χ0v) is 15.6. The summed E-state index contributed by atoms with van der Waals surface area (Å²) in [5, 5.41) is 20.7. The van der Waals surface area contributed by atoms with E-state index in [1.54, 1.807) is 17.7 Å². The Morgan fingerprint density at radius 1 is 1.22 bits per heavy atom. The van der Waals surface area contributed by atoms with E-state index < -0.39 is 11.9 Å². The summed E-state index contributed by atoms with van der Waals surface area (Å²) in [6.07, 6.45) is 1.45. The third-order valence-corrected chi connectivity index (χ3v) is 4.25. The summed E-state index contributed by atoms with van der Waals surface area (Å²) in [4.78, 5) is 23.2. The van der Waals surface area contributed by atoms with Crippen molar-refractivity contribution in [2.45, 2.75) is 26.9 Å². The topological polar surface area (TPSA) is 102 Å². The van der Waals surface area contributed by atoms with Crippen molar-refractivity contribution in [2.75, 3.05) is 5.32 Å². The van der Waals surface area contributed by atoms with Gasteiger partial charge >= 0.3 is 5.97 Å². The van der Waals surface area contributed by atoms with Crippen LogP contribution in [-0.4, -0.2) is 36.5 Å². The van der Waals surface area contributed by atoms with Crippen LogP contribution in [0.4, 0.5) is 5.69 Å². The summed E-state index contributed by atoms with van der Waals surface area (Å²) in [5.41, 5.74) is 3.21. The summed E-state index contributed by atoms with van der Waals surface area (Å²) < 4.78 is 2.99. The zero-order chi connectivity index (χ0) is 19.6. The van der Waals surface area contributed by atoms with Gasteiger partial charge in [-0.15, -0.1) is 0 Å². The van der Waals surface area contributed by atoms with Gasteiger partial charge in [0.1, 0.15) is 6.54 Å². The third-order valence-electron chi connectivity index (χ3n) is 4.01. The van der Waals surface area contributed by atoms with Crippen LogP contribution in [0.5, 0.6) is 0 Å². The van der Waals surface area contributed by atoms with Crippen LogP contribution >= 0.6 is 11.6 Å². The van der Waals surface area contributed by atoms with Crippen molar-refractivity contribution in [3.8, 4) is 0 Å². The maximum Gasteiger partial charge on any atom is 0.325 e. The smallest absolute Gasteiger partial charge is 0.325 e. The van der Waals surface area contributed by atoms with Crippen molar-refractivity contribution in [3.63, 3.8) is 0 Å². The summed E-state index contributed by atoms with van der Waals surface area (Å²) in [5.74, 6) is -1.45. The Morgan fingerprint density at radius 2 is 2.00 bits per heavy atom.